The Balaban J connectivity index is 2.04. The molecule has 7 nitrogen and oxygen atoms in total. The number of hydrogen-bond acceptors (Lipinski definition) is 7. The largest absolute Gasteiger partial charge is 0.503 e. The molecule has 0 radical (unpaired) electrons. The zero-order chi connectivity index (χ0) is 19.6. The van der Waals surface area contributed by atoms with E-state index in [1.807, 2.05) is 6.92 Å². The van der Waals surface area contributed by atoms with E-state index in [-0.39, 0.29) is 11.4 Å². The minimum absolute atomic E-state index is 0.0929. The van der Waals surface area contributed by atoms with Crippen LogP contribution in [0.3, 0.4) is 0 Å². The maximum Gasteiger partial charge on any atom is 0.290 e. The van der Waals surface area contributed by atoms with Gasteiger partial charge in [-0.2, -0.15) is 0 Å². The van der Waals surface area contributed by atoms with Gasteiger partial charge in [0.25, 0.3) is 5.91 Å². The van der Waals surface area contributed by atoms with Gasteiger partial charge in [-0.15, -0.1) is 11.3 Å². The van der Waals surface area contributed by atoms with Crippen LogP contribution in [0, 0.1) is 13.8 Å². The molecule has 0 saturated carbocycles. The van der Waals surface area contributed by atoms with Gasteiger partial charge in [0.05, 0.1) is 27.2 Å². The monoisotopic (exact) mass is 387 g/mol. The van der Waals surface area contributed by atoms with Crippen LogP contribution in [0.5, 0.6) is 0 Å². The van der Waals surface area contributed by atoms with Gasteiger partial charge in [0.2, 0.25) is 5.78 Å². The molecule has 2 aromatic rings. The van der Waals surface area contributed by atoms with Crippen LogP contribution < -0.4 is 0 Å². The molecule has 1 atom stereocenters. The summed E-state index contributed by atoms with van der Waals surface area (Å²) in [5.41, 5.74) is 1.42. The highest BCUT2D eigenvalue weighted by molar-refractivity contribution is 7.14. The number of hydrogen-bond donors (Lipinski definition) is 1. The minimum Gasteiger partial charge on any atom is -0.503 e. The second-order valence-electron chi connectivity index (χ2n) is 6.27. The first-order valence-electron chi connectivity index (χ1n) is 8.57. The van der Waals surface area contributed by atoms with Crippen molar-refractivity contribution < 1.29 is 19.4 Å². The summed E-state index contributed by atoms with van der Waals surface area (Å²) in [7, 11) is 1.59. The van der Waals surface area contributed by atoms with Gasteiger partial charge < -0.3 is 14.7 Å². The van der Waals surface area contributed by atoms with Crippen molar-refractivity contribution in [3.63, 3.8) is 0 Å². The van der Waals surface area contributed by atoms with Gasteiger partial charge in [-0.05, 0) is 38.0 Å². The Morgan fingerprint density at radius 2 is 2.04 bits per heavy atom. The van der Waals surface area contributed by atoms with Crippen LogP contribution in [-0.4, -0.2) is 51.9 Å². The molecule has 1 aliphatic rings. The van der Waals surface area contributed by atoms with E-state index in [0.717, 1.165) is 10.6 Å². The van der Waals surface area contributed by atoms with E-state index in [2.05, 4.69) is 9.97 Å². The second kappa shape index (κ2) is 7.98. The van der Waals surface area contributed by atoms with E-state index in [1.54, 1.807) is 38.6 Å². The van der Waals surface area contributed by atoms with Crippen LogP contribution in [0.25, 0.3) is 0 Å². The van der Waals surface area contributed by atoms with E-state index in [4.69, 9.17) is 4.74 Å². The van der Waals surface area contributed by atoms with Gasteiger partial charge in [0.1, 0.15) is 0 Å². The van der Waals surface area contributed by atoms with Gasteiger partial charge in [-0.3, -0.25) is 14.6 Å². The number of thiazole rings is 1. The number of methoxy groups -OCH3 is 1. The summed E-state index contributed by atoms with van der Waals surface area (Å²) in [6.45, 7) is 4.41. The van der Waals surface area contributed by atoms with Gasteiger partial charge in [-0.25, -0.2) is 4.98 Å². The normalized spacial score (nSPS) is 17.1. The number of aryl methyl sites for hydroxylation is 2. The van der Waals surface area contributed by atoms with Crippen LogP contribution in [0.4, 0.5) is 0 Å². The molecule has 1 unspecified atom stereocenters. The summed E-state index contributed by atoms with van der Waals surface area (Å²) < 4.78 is 5.07. The smallest absolute Gasteiger partial charge is 0.290 e. The molecule has 0 spiro atoms. The van der Waals surface area contributed by atoms with Crippen molar-refractivity contribution in [1.82, 2.24) is 14.9 Å². The van der Waals surface area contributed by atoms with Gasteiger partial charge in [0, 0.05) is 32.7 Å². The molecular formula is C19H21N3O4S. The third-order valence-electron chi connectivity index (χ3n) is 4.43. The van der Waals surface area contributed by atoms with Crippen molar-refractivity contribution in [3.05, 3.63) is 57.0 Å². The molecule has 0 bridgehead atoms. The standard InChI is InChI=1S/C19H21N3O4S/c1-11-18(27-12(2)21-11)16(23)14-15(13-5-7-20-8-6-13)22(9-4-10-26-3)19(25)17(14)24/h5-8,15,24H,4,9-10H2,1-3H3. The first kappa shape index (κ1) is 19.2. The highest BCUT2D eigenvalue weighted by atomic mass is 32.1. The number of aliphatic hydroxyl groups is 1. The molecule has 0 fully saturated rings. The average molecular weight is 387 g/mol. The van der Waals surface area contributed by atoms with E-state index in [1.165, 1.54) is 16.2 Å². The third kappa shape index (κ3) is 3.63. The lowest BCUT2D eigenvalue weighted by atomic mass is 9.95. The second-order valence-corrected chi connectivity index (χ2v) is 7.47. The third-order valence-corrected chi connectivity index (χ3v) is 5.50. The Hall–Kier alpha value is -2.58. The molecule has 0 aromatic carbocycles. The maximum atomic E-state index is 13.2. The number of carbonyl (C=O) groups excluding carboxylic acids is 2. The van der Waals surface area contributed by atoms with Crippen molar-refractivity contribution >= 4 is 23.0 Å². The lowest BCUT2D eigenvalue weighted by Crippen LogP contribution is -2.32. The van der Waals surface area contributed by atoms with E-state index >= 15 is 0 Å². The number of nitrogens with zero attached hydrogens (tertiary/aromatic N) is 3. The fourth-order valence-electron chi connectivity index (χ4n) is 3.25. The predicted octanol–water partition coefficient (Wildman–Crippen LogP) is 2.77. The van der Waals surface area contributed by atoms with Crippen LogP contribution in [-0.2, 0) is 9.53 Å². The van der Waals surface area contributed by atoms with Crippen LogP contribution in [0.2, 0.25) is 0 Å². The fourth-order valence-corrected chi connectivity index (χ4v) is 4.13. The number of rotatable bonds is 7. The predicted molar refractivity (Wildman–Crippen MR) is 101 cm³/mol. The number of Topliss-reactive ketones (excluding diaryl/α,β-unsaturated/α-hetero) is 1. The summed E-state index contributed by atoms with van der Waals surface area (Å²) in [5, 5.41) is 11.3. The molecule has 1 aliphatic heterocycles. The number of carbonyl (C=O) groups is 2. The van der Waals surface area contributed by atoms with Crippen LogP contribution >= 0.6 is 11.3 Å². The molecule has 142 valence electrons. The Kier molecular flexibility index (Phi) is 5.67. The molecule has 1 N–H and O–H groups in total. The van der Waals surface area contributed by atoms with Crippen LogP contribution in [0.1, 0.15) is 38.4 Å². The van der Waals surface area contributed by atoms with Gasteiger partial charge >= 0.3 is 0 Å². The first-order valence-corrected chi connectivity index (χ1v) is 9.39. The number of ether oxygens (including phenoxy) is 1. The van der Waals surface area contributed by atoms with Crippen molar-refractivity contribution in [1.29, 1.82) is 0 Å². The van der Waals surface area contributed by atoms with Gasteiger partial charge in [-0.1, -0.05) is 0 Å². The summed E-state index contributed by atoms with van der Waals surface area (Å²) in [4.78, 5) is 36.2. The SMILES string of the molecule is COCCCN1C(=O)C(O)=C(C(=O)c2sc(C)nc2C)C1c1ccncc1. The van der Waals surface area contributed by atoms with Crippen LogP contribution in [0.15, 0.2) is 35.9 Å². The molecular weight excluding hydrogens is 366 g/mol. The Bertz CT molecular complexity index is 892. The zero-order valence-electron chi connectivity index (χ0n) is 15.4. The highest BCUT2D eigenvalue weighted by Gasteiger charge is 2.44. The summed E-state index contributed by atoms with van der Waals surface area (Å²) >= 11 is 1.26. The van der Waals surface area contributed by atoms with E-state index in [9.17, 15) is 14.7 Å². The topological polar surface area (TPSA) is 92.6 Å². The van der Waals surface area contributed by atoms with Crippen molar-refractivity contribution in [2.75, 3.05) is 20.3 Å². The molecule has 2 aromatic heterocycles. The number of aromatic nitrogens is 2. The molecule has 27 heavy (non-hydrogen) atoms. The molecule has 0 saturated heterocycles. The molecule has 1 amide bonds. The summed E-state index contributed by atoms with van der Waals surface area (Å²) in [5.74, 6) is -1.40. The lowest BCUT2D eigenvalue weighted by molar-refractivity contribution is -0.129. The minimum atomic E-state index is -0.660. The zero-order valence-corrected chi connectivity index (χ0v) is 16.2. The van der Waals surface area contributed by atoms with Crippen molar-refractivity contribution in [2.45, 2.75) is 26.3 Å². The van der Waals surface area contributed by atoms with Crippen molar-refractivity contribution in [2.24, 2.45) is 0 Å². The average Bonchev–Trinajstić information content (AvgIpc) is 3.12. The Morgan fingerprint density at radius 3 is 2.63 bits per heavy atom. The van der Waals surface area contributed by atoms with E-state index < -0.39 is 17.7 Å². The number of aliphatic hydroxyl groups excluding tert-OH is 1. The lowest BCUT2D eigenvalue weighted by Gasteiger charge is -2.26. The molecule has 0 aliphatic carbocycles. The number of ketones is 1. The number of amides is 1. The molecule has 3 heterocycles. The van der Waals surface area contributed by atoms with Crippen molar-refractivity contribution in [3.8, 4) is 0 Å². The molecule has 8 heteroatoms. The van der Waals surface area contributed by atoms with E-state index in [0.29, 0.717) is 30.1 Å². The molecule has 3 rings (SSSR count). The fraction of sp³-hybridized carbons (Fsp3) is 0.368. The maximum absolute atomic E-state index is 13.2. The summed E-state index contributed by atoms with van der Waals surface area (Å²) in [6.07, 6.45) is 3.80. The Labute approximate surface area is 161 Å². The highest BCUT2D eigenvalue weighted by Crippen LogP contribution is 2.39. The first-order chi connectivity index (χ1) is 13.0. The quantitative estimate of drug-likeness (QED) is 0.580. The van der Waals surface area contributed by atoms with Gasteiger partial charge in [0.15, 0.2) is 5.76 Å². The number of pyridine rings is 1. The Morgan fingerprint density at radius 1 is 1.33 bits per heavy atom. The summed E-state index contributed by atoms with van der Waals surface area (Å²) in [6, 6.07) is 2.84.